The van der Waals surface area contributed by atoms with Gasteiger partial charge in [0.15, 0.2) is 0 Å². The van der Waals surface area contributed by atoms with E-state index in [1.165, 1.54) is 48.5 Å². The Labute approximate surface area is 147 Å². The first kappa shape index (κ1) is 18.7. The zero-order valence-corrected chi connectivity index (χ0v) is 13.8. The lowest BCUT2D eigenvalue weighted by atomic mass is 10.2. The molecule has 10 nitrogen and oxygen atoms in total. The monoisotopic (exact) mass is 376 g/mol. The summed E-state index contributed by atoms with van der Waals surface area (Å²) in [6.45, 7) is 0. The first-order valence-corrected chi connectivity index (χ1v) is 8.51. The predicted molar refractivity (Wildman–Crippen MR) is 94.1 cm³/mol. The molecule has 2 aromatic rings. The van der Waals surface area contributed by atoms with Gasteiger partial charge in [0.25, 0.3) is 21.4 Å². The molecule has 26 heavy (non-hydrogen) atoms. The molecule has 0 amide bonds. The fourth-order valence-electron chi connectivity index (χ4n) is 1.89. The van der Waals surface area contributed by atoms with E-state index in [0.29, 0.717) is 5.56 Å². The number of nitrogens with one attached hydrogen (secondary N) is 2. The van der Waals surface area contributed by atoms with Gasteiger partial charge in [-0.05, 0) is 23.8 Å². The van der Waals surface area contributed by atoms with E-state index in [2.05, 4.69) is 0 Å². The zero-order chi connectivity index (χ0) is 19.3. The summed E-state index contributed by atoms with van der Waals surface area (Å²) in [5, 5.41) is 29.8. The number of nitro benzene ring substituents is 2. The van der Waals surface area contributed by atoms with Crippen molar-refractivity contribution in [2.24, 2.45) is 0 Å². The third-order valence-electron chi connectivity index (χ3n) is 3.13. The lowest BCUT2D eigenvalue weighted by Gasteiger charge is -2.06. The average molecular weight is 376 g/mol. The molecule has 0 aliphatic carbocycles. The van der Waals surface area contributed by atoms with Crippen molar-refractivity contribution in [2.45, 2.75) is 0 Å². The molecule has 2 rings (SSSR count). The van der Waals surface area contributed by atoms with Gasteiger partial charge in [-0.2, -0.15) is 0 Å². The normalized spacial score (nSPS) is 11.2. The van der Waals surface area contributed by atoms with E-state index in [9.17, 15) is 28.6 Å². The van der Waals surface area contributed by atoms with Crippen molar-refractivity contribution < 1.29 is 18.3 Å². The van der Waals surface area contributed by atoms with Crippen molar-refractivity contribution in [1.82, 2.24) is 4.72 Å². The number of hydrogen-bond donors (Lipinski definition) is 2. The maximum absolute atomic E-state index is 12.0. The van der Waals surface area contributed by atoms with E-state index < -0.39 is 25.7 Å². The number of benzene rings is 2. The molecule has 2 N–H and O–H groups in total. The third-order valence-corrected chi connectivity index (χ3v) is 4.12. The number of nitrogens with zero attached hydrogens (tertiary/aromatic N) is 2. The summed E-state index contributed by atoms with van der Waals surface area (Å²) in [6.07, 6.45) is 1.20. The van der Waals surface area contributed by atoms with Crippen molar-refractivity contribution in [3.63, 3.8) is 0 Å². The largest absolute Gasteiger partial charge is 0.283 e. The van der Waals surface area contributed by atoms with Gasteiger partial charge < -0.3 is 0 Å². The van der Waals surface area contributed by atoms with E-state index in [0.717, 1.165) is 11.5 Å². The van der Waals surface area contributed by atoms with Gasteiger partial charge in [-0.25, -0.2) is 8.42 Å². The van der Waals surface area contributed by atoms with Crippen LogP contribution in [-0.4, -0.2) is 24.1 Å². The molecule has 0 radical (unpaired) electrons. The molecule has 0 fully saturated rings. The molecule has 0 bridgehead atoms. The van der Waals surface area contributed by atoms with Crippen molar-refractivity contribution >= 4 is 33.3 Å². The average Bonchev–Trinajstić information content (AvgIpc) is 2.60. The molecule has 0 spiro atoms. The van der Waals surface area contributed by atoms with Gasteiger partial charge in [-0.3, -0.25) is 30.4 Å². The lowest BCUT2D eigenvalue weighted by Crippen LogP contribution is -2.28. The molecule has 0 saturated heterocycles. The van der Waals surface area contributed by atoms with Gasteiger partial charge in [0.1, 0.15) is 5.84 Å². The standard InChI is InChI=1S/C15H12N4O6S/c16-15(12-2-1-3-14(10-12)19(22)23)17-26(24,25)9-8-11-4-6-13(7-5-11)18(20)21/h1-10H,(H2,16,17). The Bertz CT molecular complexity index is 999. The molecule has 0 atom stereocenters. The summed E-state index contributed by atoms with van der Waals surface area (Å²) in [4.78, 5) is 20.1. The van der Waals surface area contributed by atoms with Crippen molar-refractivity contribution in [2.75, 3.05) is 0 Å². The molecule has 0 saturated carbocycles. The maximum atomic E-state index is 12.0. The van der Waals surface area contributed by atoms with Crippen LogP contribution >= 0.6 is 0 Å². The van der Waals surface area contributed by atoms with Gasteiger partial charge in [0.2, 0.25) is 0 Å². The summed E-state index contributed by atoms with van der Waals surface area (Å²) in [5.74, 6) is -0.526. The second kappa shape index (κ2) is 7.53. The van der Waals surface area contributed by atoms with Crippen LogP contribution in [0.1, 0.15) is 11.1 Å². The fourth-order valence-corrected chi connectivity index (χ4v) is 2.69. The summed E-state index contributed by atoms with van der Waals surface area (Å²) < 4.78 is 26.0. The van der Waals surface area contributed by atoms with Crippen LogP contribution in [0.3, 0.4) is 0 Å². The highest BCUT2D eigenvalue weighted by atomic mass is 32.2. The van der Waals surface area contributed by atoms with E-state index in [1.807, 2.05) is 4.72 Å². The minimum atomic E-state index is -4.05. The SMILES string of the molecule is N=C(NS(=O)(=O)C=Cc1ccc([N+](=O)[O-])cc1)c1cccc([N+](=O)[O-])c1. The van der Waals surface area contributed by atoms with Crippen LogP contribution < -0.4 is 4.72 Å². The minimum Gasteiger partial charge on any atom is -0.283 e. The molecule has 0 heterocycles. The Hall–Kier alpha value is -3.60. The zero-order valence-electron chi connectivity index (χ0n) is 13.0. The minimum absolute atomic E-state index is 0.0338. The van der Waals surface area contributed by atoms with Gasteiger partial charge in [-0.15, -0.1) is 0 Å². The smallest absolute Gasteiger partial charge is 0.270 e. The van der Waals surface area contributed by atoms with Gasteiger partial charge in [0, 0.05) is 29.8 Å². The van der Waals surface area contributed by atoms with Crippen LogP contribution in [0.2, 0.25) is 0 Å². The quantitative estimate of drug-likeness (QED) is 0.341. The Morgan fingerprint density at radius 2 is 1.62 bits per heavy atom. The second-order valence-electron chi connectivity index (χ2n) is 4.98. The van der Waals surface area contributed by atoms with E-state index in [4.69, 9.17) is 5.41 Å². The maximum Gasteiger partial charge on any atom is 0.270 e. The van der Waals surface area contributed by atoms with Crippen LogP contribution in [0, 0.1) is 25.6 Å². The highest BCUT2D eigenvalue weighted by Gasteiger charge is 2.13. The van der Waals surface area contributed by atoms with Gasteiger partial charge in [-0.1, -0.05) is 12.1 Å². The number of nitro groups is 2. The number of non-ortho nitro benzene ring substituents is 2. The summed E-state index contributed by atoms with van der Waals surface area (Å²) in [7, 11) is -4.05. The summed E-state index contributed by atoms with van der Waals surface area (Å²) in [6, 6.07) is 10.2. The van der Waals surface area contributed by atoms with Crippen LogP contribution in [0.4, 0.5) is 11.4 Å². The first-order chi connectivity index (χ1) is 12.2. The topological polar surface area (TPSA) is 156 Å². The Kier molecular flexibility index (Phi) is 5.42. The highest BCUT2D eigenvalue weighted by Crippen LogP contribution is 2.14. The first-order valence-electron chi connectivity index (χ1n) is 6.97. The molecular formula is C15H12N4O6S. The molecular weight excluding hydrogens is 364 g/mol. The number of sulfonamides is 1. The number of amidine groups is 1. The van der Waals surface area contributed by atoms with Crippen molar-refractivity contribution in [3.05, 3.63) is 85.3 Å². The van der Waals surface area contributed by atoms with E-state index >= 15 is 0 Å². The molecule has 0 aliphatic heterocycles. The van der Waals surface area contributed by atoms with Crippen molar-refractivity contribution in [3.8, 4) is 0 Å². The molecule has 2 aromatic carbocycles. The Morgan fingerprint density at radius 3 is 2.19 bits per heavy atom. The summed E-state index contributed by atoms with van der Waals surface area (Å²) >= 11 is 0. The van der Waals surface area contributed by atoms with Crippen LogP contribution in [0.15, 0.2) is 53.9 Å². The molecule has 0 unspecified atom stereocenters. The molecule has 0 aromatic heterocycles. The molecule has 134 valence electrons. The second-order valence-corrected chi connectivity index (χ2v) is 6.55. The third kappa shape index (κ3) is 4.95. The van der Waals surface area contributed by atoms with Gasteiger partial charge >= 0.3 is 0 Å². The molecule has 0 aliphatic rings. The highest BCUT2D eigenvalue weighted by molar-refractivity contribution is 7.93. The Morgan fingerprint density at radius 1 is 1.00 bits per heavy atom. The van der Waals surface area contributed by atoms with Crippen LogP contribution in [0.25, 0.3) is 6.08 Å². The lowest BCUT2D eigenvalue weighted by molar-refractivity contribution is -0.385. The Balaban J connectivity index is 2.12. The number of rotatable bonds is 6. The van der Waals surface area contributed by atoms with Crippen LogP contribution in [0.5, 0.6) is 0 Å². The predicted octanol–water partition coefficient (Wildman–Crippen LogP) is 2.42. The van der Waals surface area contributed by atoms with Crippen LogP contribution in [-0.2, 0) is 10.0 Å². The van der Waals surface area contributed by atoms with Gasteiger partial charge in [0.05, 0.1) is 15.3 Å². The van der Waals surface area contributed by atoms with E-state index in [-0.39, 0.29) is 16.9 Å². The number of hydrogen-bond acceptors (Lipinski definition) is 7. The summed E-state index contributed by atoms with van der Waals surface area (Å²) in [5.41, 5.74) is 0.0396. The fraction of sp³-hybridized carbons (Fsp3) is 0. The van der Waals surface area contributed by atoms with Crippen molar-refractivity contribution in [1.29, 1.82) is 5.41 Å². The van der Waals surface area contributed by atoms with E-state index in [1.54, 1.807) is 0 Å². The molecule has 11 heteroatoms.